The molecule has 3 heteroatoms. The second-order valence-corrected chi connectivity index (χ2v) is 5.69. The normalized spacial score (nSPS) is 10.6. The van der Waals surface area contributed by atoms with E-state index in [4.69, 9.17) is 16.3 Å². The topological polar surface area (TPSA) is 9.23 Å². The maximum Gasteiger partial charge on any atom is 0.133 e. The van der Waals surface area contributed by atoms with E-state index in [-0.39, 0.29) is 0 Å². The summed E-state index contributed by atoms with van der Waals surface area (Å²) < 4.78 is 6.00. The fraction of sp³-hybridized carbons (Fsp3) is 0.250. The molecule has 0 fully saturated rings. The Bertz CT molecular complexity index is 585. The molecule has 1 nitrogen and oxygen atoms in total. The van der Waals surface area contributed by atoms with E-state index in [0.29, 0.717) is 0 Å². The van der Waals surface area contributed by atoms with Gasteiger partial charge in [0, 0.05) is 10.4 Å². The third kappa shape index (κ3) is 3.31. The van der Waals surface area contributed by atoms with Gasteiger partial charge in [-0.1, -0.05) is 33.6 Å². The Morgan fingerprint density at radius 1 is 1.00 bits per heavy atom. The molecule has 0 heterocycles. The summed E-state index contributed by atoms with van der Waals surface area (Å²) in [7, 11) is 0. The van der Waals surface area contributed by atoms with Crippen molar-refractivity contribution in [3.63, 3.8) is 0 Å². The molecule has 0 bridgehead atoms. The Hall–Kier alpha value is -0.990. The molecule has 2 aromatic carbocycles. The second-order valence-electron chi connectivity index (χ2n) is 4.69. The molecule has 0 radical (unpaired) electrons. The highest BCUT2D eigenvalue weighted by atomic mass is 79.9. The molecule has 0 saturated carbocycles. The van der Waals surface area contributed by atoms with E-state index >= 15 is 0 Å². The van der Waals surface area contributed by atoms with Gasteiger partial charge in [0.2, 0.25) is 0 Å². The van der Waals surface area contributed by atoms with E-state index in [1.807, 2.05) is 32.0 Å². The zero-order chi connectivity index (χ0) is 14.0. The molecule has 0 aliphatic heterocycles. The molecule has 0 aromatic heterocycles. The maximum atomic E-state index is 6.03. The SMILES string of the molecule is Cc1cc(Oc2c(C)cc(Cl)cc2C)ccc1CBr. The van der Waals surface area contributed by atoms with Crippen LogP contribution in [0.25, 0.3) is 0 Å². The summed E-state index contributed by atoms with van der Waals surface area (Å²) in [5, 5.41) is 1.60. The quantitative estimate of drug-likeness (QED) is 0.628. The Labute approximate surface area is 127 Å². The van der Waals surface area contributed by atoms with Crippen molar-refractivity contribution >= 4 is 27.5 Å². The summed E-state index contributed by atoms with van der Waals surface area (Å²) in [4.78, 5) is 0. The van der Waals surface area contributed by atoms with Crippen LogP contribution in [0.5, 0.6) is 11.5 Å². The third-order valence-electron chi connectivity index (χ3n) is 3.10. The summed E-state index contributed by atoms with van der Waals surface area (Å²) >= 11 is 9.50. The van der Waals surface area contributed by atoms with Gasteiger partial charge in [-0.25, -0.2) is 0 Å². The number of halogens is 2. The molecule has 0 aliphatic carbocycles. The van der Waals surface area contributed by atoms with Crippen molar-refractivity contribution < 1.29 is 4.74 Å². The van der Waals surface area contributed by atoms with Gasteiger partial charge in [0.1, 0.15) is 11.5 Å². The van der Waals surface area contributed by atoms with E-state index in [1.165, 1.54) is 11.1 Å². The number of hydrogen-bond acceptors (Lipinski definition) is 1. The van der Waals surface area contributed by atoms with Crippen molar-refractivity contribution in [3.8, 4) is 11.5 Å². The zero-order valence-corrected chi connectivity index (χ0v) is 13.6. The fourth-order valence-electron chi connectivity index (χ4n) is 2.06. The number of hydrogen-bond donors (Lipinski definition) is 0. The lowest BCUT2D eigenvalue weighted by Gasteiger charge is -2.13. The Morgan fingerprint density at radius 3 is 2.16 bits per heavy atom. The highest BCUT2D eigenvalue weighted by Crippen LogP contribution is 2.32. The van der Waals surface area contributed by atoms with Gasteiger partial charge in [0.05, 0.1) is 0 Å². The average Bonchev–Trinajstić information content (AvgIpc) is 2.34. The van der Waals surface area contributed by atoms with Gasteiger partial charge in [-0.15, -0.1) is 0 Å². The van der Waals surface area contributed by atoms with Gasteiger partial charge in [-0.2, -0.15) is 0 Å². The van der Waals surface area contributed by atoms with Crippen molar-refractivity contribution in [1.29, 1.82) is 0 Å². The van der Waals surface area contributed by atoms with Gasteiger partial charge in [-0.3, -0.25) is 0 Å². The van der Waals surface area contributed by atoms with Crippen LogP contribution in [-0.2, 0) is 5.33 Å². The van der Waals surface area contributed by atoms with Gasteiger partial charge >= 0.3 is 0 Å². The van der Waals surface area contributed by atoms with Crippen LogP contribution >= 0.6 is 27.5 Å². The maximum absolute atomic E-state index is 6.03. The smallest absolute Gasteiger partial charge is 0.133 e. The van der Waals surface area contributed by atoms with Crippen molar-refractivity contribution in [1.82, 2.24) is 0 Å². The van der Waals surface area contributed by atoms with Gasteiger partial charge in [0.15, 0.2) is 0 Å². The number of alkyl halides is 1. The first-order valence-electron chi connectivity index (χ1n) is 6.11. The first kappa shape index (κ1) is 14.4. The van der Waals surface area contributed by atoms with Crippen LogP contribution < -0.4 is 4.74 Å². The first-order chi connectivity index (χ1) is 9.01. The lowest BCUT2D eigenvalue weighted by molar-refractivity contribution is 0.474. The van der Waals surface area contributed by atoms with Crippen LogP contribution in [0.1, 0.15) is 22.3 Å². The van der Waals surface area contributed by atoms with E-state index in [0.717, 1.165) is 33.0 Å². The number of ether oxygens (including phenoxy) is 1. The minimum Gasteiger partial charge on any atom is -0.457 e. The summed E-state index contributed by atoms with van der Waals surface area (Å²) in [6, 6.07) is 9.98. The van der Waals surface area contributed by atoms with Gasteiger partial charge < -0.3 is 4.74 Å². The minimum absolute atomic E-state index is 0.744. The van der Waals surface area contributed by atoms with Crippen molar-refractivity contribution in [2.24, 2.45) is 0 Å². The van der Waals surface area contributed by atoms with E-state index in [1.54, 1.807) is 0 Å². The van der Waals surface area contributed by atoms with E-state index in [2.05, 4.69) is 35.0 Å². The lowest BCUT2D eigenvalue weighted by Crippen LogP contribution is -1.93. The molecule has 0 unspecified atom stereocenters. The fourth-order valence-corrected chi connectivity index (χ4v) is 3.01. The van der Waals surface area contributed by atoms with E-state index in [9.17, 15) is 0 Å². The molecule has 0 N–H and O–H groups in total. The third-order valence-corrected chi connectivity index (χ3v) is 3.93. The summed E-state index contributed by atoms with van der Waals surface area (Å²) in [5.74, 6) is 1.74. The standard InChI is InChI=1S/C16H16BrClO/c1-10-8-15(5-4-13(10)9-17)19-16-11(2)6-14(18)7-12(16)3/h4-8H,9H2,1-3H3. The monoisotopic (exact) mass is 338 g/mol. The Kier molecular flexibility index (Phi) is 4.54. The number of rotatable bonds is 3. The van der Waals surface area contributed by atoms with Crippen LogP contribution in [0, 0.1) is 20.8 Å². The van der Waals surface area contributed by atoms with Gasteiger partial charge in [-0.05, 0) is 67.3 Å². The number of aryl methyl sites for hydroxylation is 3. The van der Waals surface area contributed by atoms with Crippen LogP contribution in [0.15, 0.2) is 30.3 Å². The Morgan fingerprint density at radius 2 is 1.63 bits per heavy atom. The van der Waals surface area contributed by atoms with Crippen molar-refractivity contribution in [2.75, 3.05) is 0 Å². The lowest BCUT2D eigenvalue weighted by atomic mass is 10.1. The van der Waals surface area contributed by atoms with Crippen molar-refractivity contribution in [2.45, 2.75) is 26.1 Å². The molecule has 0 saturated heterocycles. The van der Waals surface area contributed by atoms with Crippen molar-refractivity contribution in [3.05, 3.63) is 57.6 Å². The zero-order valence-electron chi connectivity index (χ0n) is 11.3. The molecule has 0 aliphatic rings. The second kappa shape index (κ2) is 5.98. The summed E-state index contributed by atoms with van der Waals surface area (Å²) in [6.07, 6.45) is 0. The summed E-state index contributed by atoms with van der Waals surface area (Å²) in [5.41, 5.74) is 4.59. The van der Waals surface area contributed by atoms with Gasteiger partial charge in [0.25, 0.3) is 0 Å². The van der Waals surface area contributed by atoms with Crippen LogP contribution in [-0.4, -0.2) is 0 Å². The highest BCUT2D eigenvalue weighted by molar-refractivity contribution is 9.08. The summed E-state index contributed by atoms with van der Waals surface area (Å²) in [6.45, 7) is 6.10. The van der Waals surface area contributed by atoms with Crippen LogP contribution in [0.3, 0.4) is 0 Å². The molecule has 0 spiro atoms. The first-order valence-corrected chi connectivity index (χ1v) is 7.61. The Balaban J connectivity index is 2.34. The highest BCUT2D eigenvalue weighted by Gasteiger charge is 2.08. The largest absolute Gasteiger partial charge is 0.457 e. The number of benzene rings is 2. The molecule has 2 aromatic rings. The molecule has 2 rings (SSSR count). The molecule has 19 heavy (non-hydrogen) atoms. The predicted octanol–water partition coefficient (Wildman–Crippen LogP) is 5.95. The molecule has 0 atom stereocenters. The van der Waals surface area contributed by atoms with E-state index < -0.39 is 0 Å². The molecular weight excluding hydrogens is 324 g/mol. The van der Waals surface area contributed by atoms with Crippen LogP contribution in [0.4, 0.5) is 0 Å². The predicted molar refractivity (Wildman–Crippen MR) is 84.8 cm³/mol. The molecular formula is C16H16BrClO. The average molecular weight is 340 g/mol. The molecule has 0 amide bonds. The van der Waals surface area contributed by atoms with Crippen LogP contribution in [0.2, 0.25) is 5.02 Å². The molecule has 100 valence electrons. The minimum atomic E-state index is 0.744.